The van der Waals surface area contributed by atoms with E-state index >= 15 is 0 Å². The van der Waals surface area contributed by atoms with Gasteiger partial charge < -0.3 is 16.4 Å². The molecule has 0 bridgehead atoms. The molecule has 0 aliphatic carbocycles. The molecule has 4 N–H and O–H groups in total. The summed E-state index contributed by atoms with van der Waals surface area (Å²) in [6.45, 7) is 6.02. The first-order chi connectivity index (χ1) is 9.45. The van der Waals surface area contributed by atoms with E-state index in [1.54, 1.807) is 0 Å². The average molecular weight is 275 g/mol. The lowest BCUT2D eigenvalue weighted by Crippen LogP contribution is -2.55. The zero-order chi connectivity index (χ0) is 14.8. The highest BCUT2D eigenvalue weighted by Gasteiger charge is 2.37. The number of nitrogens with zero attached hydrogens (tertiary/aromatic N) is 1. The van der Waals surface area contributed by atoms with Gasteiger partial charge in [0.25, 0.3) is 0 Å². The summed E-state index contributed by atoms with van der Waals surface area (Å²) in [5.74, 6) is -0.125. The summed E-state index contributed by atoms with van der Waals surface area (Å²) >= 11 is 0. The van der Waals surface area contributed by atoms with Crippen molar-refractivity contribution in [3.8, 4) is 0 Å². The fourth-order valence-electron chi connectivity index (χ4n) is 2.85. The molecule has 4 heteroatoms. The van der Waals surface area contributed by atoms with Gasteiger partial charge in [0.2, 0.25) is 5.91 Å². The molecule has 1 aromatic rings. The number of piperidine rings is 1. The van der Waals surface area contributed by atoms with Crippen molar-refractivity contribution >= 4 is 5.91 Å². The molecule has 0 saturated carbocycles. The van der Waals surface area contributed by atoms with Gasteiger partial charge >= 0.3 is 0 Å². The highest BCUT2D eigenvalue weighted by molar-refractivity contribution is 5.84. The Bertz CT molecular complexity index is 458. The van der Waals surface area contributed by atoms with Crippen molar-refractivity contribution in [2.24, 2.45) is 16.9 Å². The summed E-state index contributed by atoms with van der Waals surface area (Å²) < 4.78 is 0. The van der Waals surface area contributed by atoms with Crippen molar-refractivity contribution < 1.29 is 4.79 Å². The molecule has 2 unspecified atom stereocenters. The van der Waals surface area contributed by atoms with Crippen LogP contribution in [-0.4, -0.2) is 36.5 Å². The smallest absolute Gasteiger partial charge is 0.231 e. The van der Waals surface area contributed by atoms with Gasteiger partial charge in [0.15, 0.2) is 0 Å². The maximum atomic E-state index is 12.7. The van der Waals surface area contributed by atoms with Crippen molar-refractivity contribution in [1.82, 2.24) is 4.90 Å². The minimum Gasteiger partial charge on any atom is -0.341 e. The molecule has 1 fully saturated rings. The van der Waals surface area contributed by atoms with Crippen LogP contribution in [0.4, 0.5) is 0 Å². The van der Waals surface area contributed by atoms with Crippen molar-refractivity contribution in [2.45, 2.75) is 32.2 Å². The molecule has 110 valence electrons. The Morgan fingerprint density at radius 1 is 1.40 bits per heavy atom. The third-order valence-corrected chi connectivity index (χ3v) is 4.36. The lowest BCUT2D eigenvalue weighted by atomic mass is 9.79. The van der Waals surface area contributed by atoms with Crippen molar-refractivity contribution in [2.75, 3.05) is 19.6 Å². The van der Waals surface area contributed by atoms with Crippen LogP contribution in [0.25, 0.3) is 0 Å². The molecule has 1 aliphatic rings. The third kappa shape index (κ3) is 3.02. The van der Waals surface area contributed by atoms with Crippen LogP contribution in [-0.2, 0) is 4.79 Å². The van der Waals surface area contributed by atoms with Gasteiger partial charge in [0.1, 0.15) is 0 Å². The predicted molar refractivity (Wildman–Crippen MR) is 81.2 cm³/mol. The molecule has 1 aromatic carbocycles. The first-order valence-electron chi connectivity index (χ1n) is 7.25. The van der Waals surface area contributed by atoms with Gasteiger partial charge in [-0.15, -0.1) is 0 Å². The molecule has 20 heavy (non-hydrogen) atoms. The maximum Gasteiger partial charge on any atom is 0.231 e. The van der Waals surface area contributed by atoms with Crippen LogP contribution in [0.5, 0.6) is 0 Å². The summed E-state index contributed by atoms with van der Waals surface area (Å²) in [4.78, 5) is 14.7. The van der Waals surface area contributed by atoms with E-state index < -0.39 is 0 Å². The number of hydrogen-bond donors (Lipinski definition) is 2. The summed E-state index contributed by atoms with van der Waals surface area (Å²) in [6, 6.07) is 9.93. The molecule has 0 spiro atoms. The molecule has 4 nitrogen and oxygen atoms in total. The van der Waals surface area contributed by atoms with E-state index in [-0.39, 0.29) is 23.3 Å². The second-order valence-electron chi connectivity index (χ2n) is 6.34. The first kappa shape index (κ1) is 15.0. The number of rotatable bonds is 3. The van der Waals surface area contributed by atoms with Crippen LogP contribution in [0.2, 0.25) is 0 Å². The van der Waals surface area contributed by atoms with Gasteiger partial charge in [-0.1, -0.05) is 44.2 Å². The molecular weight excluding hydrogens is 250 g/mol. The number of hydrogen-bond acceptors (Lipinski definition) is 3. The Kier molecular flexibility index (Phi) is 4.45. The van der Waals surface area contributed by atoms with Crippen LogP contribution < -0.4 is 11.5 Å². The van der Waals surface area contributed by atoms with E-state index in [1.807, 2.05) is 35.2 Å². The average Bonchev–Trinajstić information content (AvgIpc) is 2.43. The molecule has 1 heterocycles. The SMILES string of the molecule is CC1(C)CN(C(=O)C(CN)c2ccccc2)CCC1N. The van der Waals surface area contributed by atoms with E-state index in [2.05, 4.69) is 13.8 Å². The van der Waals surface area contributed by atoms with Crippen molar-refractivity contribution in [1.29, 1.82) is 0 Å². The van der Waals surface area contributed by atoms with E-state index in [0.717, 1.165) is 18.5 Å². The van der Waals surface area contributed by atoms with Gasteiger partial charge in [0, 0.05) is 25.7 Å². The number of benzene rings is 1. The number of amides is 1. The first-order valence-corrected chi connectivity index (χ1v) is 7.25. The van der Waals surface area contributed by atoms with Gasteiger partial charge in [-0.25, -0.2) is 0 Å². The predicted octanol–water partition coefficient (Wildman–Crippen LogP) is 1.31. The Balaban J connectivity index is 2.14. The van der Waals surface area contributed by atoms with E-state index in [0.29, 0.717) is 13.1 Å². The van der Waals surface area contributed by atoms with Gasteiger partial charge in [0.05, 0.1) is 5.92 Å². The molecular formula is C16H25N3O. The largest absolute Gasteiger partial charge is 0.341 e. The highest BCUT2D eigenvalue weighted by atomic mass is 16.2. The van der Waals surface area contributed by atoms with Crippen LogP contribution >= 0.6 is 0 Å². The monoisotopic (exact) mass is 275 g/mol. The molecule has 1 amide bonds. The highest BCUT2D eigenvalue weighted by Crippen LogP contribution is 2.29. The molecule has 2 rings (SSSR count). The van der Waals surface area contributed by atoms with Crippen LogP contribution in [0.1, 0.15) is 31.7 Å². The van der Waals surface area contributed by atoms with Gasteiger partial charge in [-0.2, -0.15) is 0 Å². The summed E-state index contributed by atoms with van der Waals surface area (Å²) in [5, 5.41) is 0. The second-order valence-corrected chi connectivity index (χ2v) is 6.34. The zero-order valence-corrected chi connectivity index (χ0v) is 12.4. The number of carbonyl (C=O) groups is 1. The lowest BCUT2D eigenvalue weighted by molar-refractivity contribution is -0.136. The maximum absolute atomic E-state index is 12.7. The molecule has 1 saturated heterocycles. The number of likely N-dealkylation sites (tertiary alicyclic amines) is 1. The topological polar surface area (TPSA) is 72.3 Å². The third-order valence-electron chi connectivity index (χ3n) is 4.36. The van der Waals surface area contributed by atoms with Gasteiger partial charge in [-0.05, 0) is 17.4 Å². The lowest BCUT2D eigenvalue weighted by Gasteiger charge is -2.43. The van der Waals surface area contributed by atoms with Crippen molar-refractivity contribution in [3.63, 3.8) is 0 Å². The quantitative estimate of drug-likeness (QED) is 0.873. The van der Waals surface area contributed by atoms with E-state index in [9.17, 15) is 4.79 Å². The minimum absolute atomic E-state index is 0.0379. The fraction of sp³-hybridized carbons (Fsp3) is 0.562. The number of nitrogens with two attached hydrogens (primary N) is 2. The number of carbonyl (C=O) groups excluding carboxylic acids is 1. The van der Waals surface area contributed by atoms with Crippen LogP contribution in [0.15, 0.2) is 30.3 Å². The molecule has 2 atom stereocenters. The van der Waals surface area contributed by atoms with Crippen LogP contribution in [0.3, 0.4) is 0 Å². The van der Waals surface area contributed by atoms with Gasteiger partial charge in [-0.3, -0.25) is 4.79 Å². The Hall–Kier alpha value is -1.39. The standard InChI is InChI=1S/C16H25N3O/c1-16(2)11-19(9-8-14(16)18)15(20)13(10-17)12-6-4-3-5-7-12/h3-7,13-14H,8-11,17-18H2,1-2H3. The Morgan fingerprint density at radius 2 is 2.05 bits per heavy atom. The molecule has 0 aromatic heterocycles. The van der Waals surface area contributed by atoms with E-state index in [4.69, 9.17) is 11.5 Å². The van der Waals surface area contributed by atoms with E-state index in [1.165, 1.54) is 0 Å². The van der Waals surface area contributed by atoms with Crippen LogP contribution in [0, 0.1) is 5.41 Å². The Labute approximate surface area is 121 Å². The summed E-state index contributed by atoms with van der Waals surface area (Å²) in [5.41, 5.74) is 12.9. The summed E-state index contributed by atoms with van der Waals surface area (Å²) in [6.07, 6.45) is 0.852. The normalized spacial score (nSPS) is 23.4. The second kappa shape index (κ2) is 5.94. The van der Waals surface area contributed by atoms with Crippen molar-refractivity contribution in [3.05, 3.63) is 35.9 Å². The minimum atomic E-state index is -0.249. The Morgan fingerprint density at radius 3 is 2.60 bits per heavy atom. The molecule has 0 radical (unpaired) electrons. The zero-order valence-electron chi connectivity index (χ0n) is 12.4. The fourth-order valence-corrected chi connectivity index (χ4v) is 2.85. The molecule has 1 aliphatic heterocycles. The summed E-state index contributed by atoms with van der Waals surface area (Å²) in [7, 11) is 0.